The Morgan fingerprint density at radius 1 is 0.938 bits per heavy atom. The van der Waals surface area contributed by atoms with Gasteiger partial charge in [-0.1, -0.05) is 37.8 Å². The van der Waals surface area contributed by atoms with Gasteiger partial charge in [0.15, 0.2) is 0 Å². The molecule has 16 heavy (non-hydrogen) atoms. The van der Waals surface area contributed by atoms with Crippen LogP contribution in [-0.4, -0.2) is 18.1 Å². The molecule has 1 unspecified atom stereocenters. The molecule has 0 saturated heterocycles. The molecule has 0 radical (unpaired) electrons. The molecular weight excluding hydrogens is 196 g/mol. The van der Waals surface area contributed by atoms with Crippen molar-refractivity contribution in [3.8, 4) is 0 Å². The molecule has 1 atom stereocenters. The van der Waals surface area contributed by atoms with E-state index in [1.54, 1.807) is 0 Å². The maximum absolute atomic E-state index is 4.45. The highest BCUT2D eigenvalue weighted by atomic mass is 14.9. The molecule has 0 N–H and O–H groups in total. The zero-order valence-electron chi connectivity index (χ0n) is 10.1. The molecule has 2 aliphatic rings. The zero-order valence-corrected chi connectivity index (χ0v) is 10.1. The van der Waals surface area contributed by atoms with Crippen molar-refractivity contribution in [3.63, 3.8) is 0 Å². The fourth-order valence-corrected chi connectivity index (χ4v) is 2.61. The molecule has 0 aromatic heterocycles. The molecule has 0 aliphatic heterocycles. The van der Waals surface area contributed by atoms with Crippen LogP contribution in [0.15, 0.2) is 22.1 Å². The van der Waals surface area contributed by atoms with Gasteiger partial charge in [-0.2, -0.15) is 0 Å². The van der Waals surface area contributed by atoms with Crippen molar-refractivity contribution in [2.24, 2.45) is 9.98 Å². The highest BCUT2D eigenvalue weighted by molar-refractivity contribution is 5.43. The predicted molar refractivity (Wildman–Crippen MR) is 68.1 cm³/mol. The van der Waals surface area contributed by atoms with Gasteiger partial charge in [-0.15, -0.1) is 0 Å². The van der Waals surface area contributed by atoms with Crippen LogP contribution in [0.2, 0.25) is 0 Å². The molecule has 0 aromatic carbocycles. The normalized spacial score (nSPS) is 27.2. The lowest BCUT2D eigenvalue weighted by molar-refractivity contribution is 0.444. The lowest BCUT2D eigenvalue weighted by Gasteiger charge is -2.19. The van der Waals surface area contributed by atoms with E-state index in [1.165, 1.54) is 50.5 Å². The molecule has 2 fully saturated rings. The maximum atomic E-state index is 4.45. The SMILES string of the molecule is C=C1CCCCC1N=C=NC1CCCCC1. The third-order valence-corrected chi connectivity index (χ3v) is 3.73. The molecule has 0 heterocycles. The van der Waals surface area contributed by atoms with Gasteiger partial charge in [-0.3, -0.25) is 0 Å². The molecule has 2 saturated carbocycles. The summed E-state index contributed by atoms with van der Waals surface area (Å²) in [5.41, 5.74) is 1.28. The molecule has 2 nitrogen and oxygen atoms in total. The first-order chi connectivity index (χ1) is 7.86. The van der Waals surface area contributed by atoms with Gasteiger partial charge in [0.25, 0.3) is 0 Å². The van der Waals surface area contributed by atoms with Crippen LogP contribution in [0, 0.1) is 0 Å². The van der Waals surface area contributed by atoms with E-state index in [0.717, 1.165) is 12.8 Å². The average molecular weight is 218 g/mol. The van der Waals surface area contributed by atoms with Crippen molar-refractivity contribution >= 4 is 6.01 Å². The van der Waals surface area contributed by atoms with Crippen molar-refractivity contribution in [2.75, 3.05) is 0 Å². The molecule has 88 valence electrons. The fraction of sp³-hybridized carbons (Fsp3) is 0.786. The number of nitrogens with zero attached hydrogens (tertiary/aromatic N) is 2. The largest absolute Gasteiger partial charge is 0.222 e. The molecule has 2 aliphatic carbocycles. The number of aliphatic imine (C=N–C) groups is 2. The first-order valence-electron chi connectivity index (χ1n) is 6.68. The van der Waals surface area contributed by atoms with Crippen LogP contribution in [0.4, 0.5) is 0 Å². The van der Waals surface area contributed by atoms with E-state index in [4.69, 9.17) is 0 Å². The third-order valence-electron chi connectivity index (χ3n) is 3.73. The third kappa shape index (κ3) is 3.31. The van der Waals surface area contributed by atoms with Crippen LogP contribution in [0.1, 0.15) is 57.8 Å². The van der Waals surface area contributed by atoms with E-state index in [2.05, 4.69) is 22.6 Å². The predicted octanol–water partition coefficient (Wildman–Crippen LogP) is 3.99. The quantitative estimate of drug-likeness (QED) is 0.494. The number of hydrogen-bond donors (Lipinski definition) is 0. The molecule has 0 aromatic rings. The second kappa shape index (κ2) is 6.00. The summed E-state index contributed by atoms with van der Waals surface area (Å²) in [7, 11) is 0. The standard InChI is InChI=1S/C14H22N2/c1-12-7-5-6-10-14(12)16-11-15-13-8-3-2-4-9-13/h13-14H,1-10H2. The van der Waals surface area contributed by atoms with Crippen LogP contribution in [0.5, 0.6) is 0 Å². The smallest absolute Gasteiger partial charge is 0.0901 e. The van der Waals surface area contributed by atoms with Crippen LogP contribution in [0.3, 0.4) is 0 Å². The van der Waals surface area contributed by atoms with Gasteiger partial charge < -0.3 is 0 Å². The molecule has 0 spiro atoms. The van der Waals surface area contributed by atoms with Crippen LogP contribution in [0.25, 0.3) is 0 Å². The summed E-state index contributed by atoms with van der Waals surface area (Å²) >= 11 is 0. The van der Waals surface area contributed by atoms with Crippen LogP contribution < -0.4 is 0 Å². The summed E-state index contributed by atoms with van der Waals surface area (Å²) in [6, 6.07) is 3.75. The second-order valence-electron chi connectivity index (χ2n) is 5.07. The van der Waals surface area contributed by atoms with E-state index in [0.29, 0.717) is 12.1 Å². The van der Waals surface area contributed by atoms with Crippen molar-refractivity contribution in [3.05, 3.63) is 12.2 Å². The highest BCUT2D eigenvalue weighted by Crippen LogP contribution is 2.24. The van der Waals surface area contributed by atoms with Crippen molar-refractivity contribution < 1.29 is 0 Å². The van der Waals surface area contributed by atoms with Gasteiger partial charge in [0.05, 0.1) is 18.1 Å². The zero-order chi connectivity index (χ0) is 11.2. The van der Waals surface area contributed by atoms with Crippen molar-refractivity contribution in [1.82, 2.24) is 0 Å². The van der Waals surface area contributed by atoms with E-state index in [9.17, 15) is 0 Å². The van der Waals surface area contributed by atoms with E-state index < -0.39 is 0 Å². The van der Waals surface area contributed by atoms with Gasteiger partial charge >= 0.3 is 0 Å². The highest BCUT2D eigenvalue weighted by Gasteiger charge is 2.15. The summed E-state index contributed by atoms with van der Waals surface area (Å²) in [5.74, 6) is 0. The van der Waals surface area contributed by atoms with Gasteiger partial charge in [0.2, 0.25) is 0 Å². The summed E-state index contributed by atoms with van der Waals surface area (Å²) < 4.78 is 0. The minimum atomic E-state index is 0.307. The summed E-state index contributed by atoms with van der Waals surface area (Å²) in [6.45, 7) is 4.09. The Kier molecular flexibility index (Phi) is 4.35. The van der Waals surface area contributed by atoms with Gasteiger partial charge in [-0.05, 0) is 32.1 Å². The molecular formula is C14H22N2. The van der Waals surface area contributed by atoms with E-state index in [1.807, 2.05) is 0 Å². The maximum Gasteiger partial charge on any atom is 0.0901 e. The Balaban J connectivity index is 1.86. The Bertz CT molecular complexity index is 294. The van der Waals surface area contributed by atoms with Crippen molar-refractivity contribution in [2.45, 2.75) is 69.9 Å². The van der Waals surface area contributed by atoms with E-state index in [-0.39, 0.29) is 0 Å². The Labute approximate surface area is 98.6 Å². The lowest BCUT2D eigenvalue weighted by Crippen LogP contribution is -2.12. The Morgan fingerprint density at radius 2 is 1.69 bits per heavy atom. The summed E-state index contributed by atoms with van der Waals surface area (Å²) in [4.78, 5) is 8.90. The molecule has 0 amide bonds. The van der Waals surface area contributed by atoms with Crippen molar-refractivity contribution in [1.29, 1.82) is 0 Å². The first kappa shape index (κ1) is 11.6. The molecule has 2 rings (SSSR count). The molecule has 2 heteroatoms. The Morgan fingerprint density at radius 3 is 2.44 bits per heavy atom. The summed E-state index contributed by atoms with van der Waals surface area (Å²) in [6.07, 6.45) is 11.3. The number of rotatable bonds is 2. The van der Waals surface area contributed by atoms with E-state index >= 15 is 0 Å². The monoisotopic (exact) mass is 218 g/mol. The van der Waals surface area contributed by atoms with Crippen LogP contribution >= 0.6 is 0 Å². The van der Waals surface area contributed by atoms with Gasteiger partial charge in [-0.25, -0.2) is 9.98 Å². The number of hydrogen-bond acceptors (Lipinski definition) is 2. The van der Waals surface area contributed by atoms with Crippen LogP contribution in [-0.2, 0) is 0 Å². The van der Waals surface area contributed by atoms with Gasteiger partial charge in [0, 0.05) is 0 Å². The average Bonchev–Trinajstić information content (AvgIpc) is 2.33. The summed E-state index contributed by atoms with van der Waals surface area (Å²) in [5, 5.41) is 0. The fourth-order valence-electron chi connectivity index (χ4n) is 2.61. The topological polar surface area (TPSA) is 24.7 Å². The minimum absolute atomic E-state index is 0.307. The molecule has 0 bridgehead atoms. The Hall–Kier alpha value is -0.880. The van der Waals surface area contributed by atoms with Gasteiger partial charge in [0.1, 0.15) is 0 Å². The lowest BCUT2D eigenvalue weighted by atomic mass is 9.92. The minimum Gasteiger partial charge on any atom is -0.222 e. The second-order valence-corrected chi connectivity index (χ2v) is 5.07. The first-order valence-corrected chi connectivity index (χ1v) is 6.68.